The second-order valence-corrected chi connectivity index (χ2v) is 8.27. The van der Waals surface area contributed by atoms with Crippen LogP contribution >= 0.6 is 11.3 Å². The minimum atomic E-state index is -0.215. The van der Waals surface area contributed by atoms with E-state index in [0.29, 0.717) is 10.9 Å². The summed E-state index contributed by atoms with van der Waals surface area (Å²) in [7, 11) is 0. The number of benzene rings is 2. The lowest BCUT2D eigenvalue weighted by atomic mass is 10.1. The number of amides is 1. The molecular weight excluding hydrogens is 386 g/mol. The van der Waals surface area contributed by atoms with Gasteiger partial charge in [-0.2, -0.15) is 0 Å². The summed E-state index contributed by atoms with van der Waals surface area (Å²) in [4.78, 5) is 19.2. The molecule has 29 heavy (non-hydrogen) atoms. The highest BCUT2D eigenvalue weighted by atomic mass is 32.1. The molecule has 2 unspecified atom stereocenters. The van der Waals surface area contributed by atoms with Crippen molar-refractivity contribution >= 4 is 33.1 Å². The van der Waals surface area contributed by atoms with Crippen molar-refractivity contribution < 1.29 is 14.3 Å². The van der Waals surface area contributed by atoms with Crippen molar-refractivity contribution in [3.05, 3.63) is 53.5 Å². The van der Waals surface area contributed by atoms with Gasteiger partial charge in [-0.05, 0) is 25.3 Å². The van der Waals surface area contributed by atoms with Crippen LogP contribution in [-0.4, -0.2) is 47.7 Å². The number of nitrogens with zero attached hydrogens (tertiary/aromatic N) is 2. The number of carbonyl (C=O) groups excluding carboxylic acids is 1. The first-order chi connectivity index (χ1) is 14.1. The molecule has 0 aliphatic carbocycles. The number of aromatic nitrogens is 1. The monoisotopic (exact) mass is 411 g/mol. The van der Waals surface area contributed by atoms with Gasteiger partial charge in [-0.15, -0.1) is 11.3 Å². The summed E-state index contributed by atoms with van der Waals surface area (Å²) >= 11 is 1.44. The van der Waals surface area contributed by atoms with Crippen LogP contribution in [0.15, 0.2) is 47.8 Å². The molecule has 6 nitrogen and oxygen atoms in total. The Labute approximate surface area is 174 Å². The molecule has 0 saturated carbocycles. The number of carbonyl (C=O) groups is 1. The van der Waals surface area contributed by atoms with Crippen molar-refractivity contribution in [1.82, 2.24) is 9.88 Å². The number of fused-ring (bicyclic) bond motifs is 1. The molecule has 1 amide bonds. The zero-order valence-corrected chi connectivity index (χ0v) is 17.4. The lowest BCUT2D eigenvalue weighted by molar-refractivity contribution is -0.118. The van der Waals surface area contributed by atoms with E-state index in [1.54, 1.807) is 0 Å². The molecule has 0 spiro atoms. The van der Waals surface area contributed by atoms with Gasteiger partial charge in [0.2, 0.25) is 0 Å². The van der Waals surface area contributed by atoms with Gasteiger partial charge in [0.05, 0.1) is 17.9 Å². The van der Waals surface area contributed by atoms with E-state index in [-0.39, 0.29) is 24.7 Å². The summed E-state index contributed by atoms with van der Waals surface area (Å²) in [6.07, 6.45) is 0.450. The Hall–Kier alpha value is -2.48. The molecule has 1 fully saturated rings. The maximum absolute atomic E-state index is 12.3. The molecule has 2 heterocycles. The Morgan fingerprint density at radius 1 is 1.21 bits per heavy atom. The number of anilines is 1. The summed E-state index contributed by atoms with van der Waals surface area (Å²) in [5.74, 6) is 0.487. The highest BCUT2D eigenvalue weighted by Crippen LogP contribution is 2.25. The molecule has 1 aliphatic rings. The lowest BCUT2D eigenvalue weighted by Gasteiger charge is -2.34. The molecule has 1 aliphatic heterocycles. The van der Waals surface area contributed by atoms with E-state index in [1.807, 2.05) is 47.8 Å². The van der Waals surface area contributed by atoms with E-state index < -0.39 is 0 Å². The van der Waals surface area contributed by atoms with Gasteiger partial charge in [-0.3, -0.25) is 15.0 Å². The quantitative estimate of drug-likeness (QED) is 0.666. The molecule has 7 heteroatoms. The fourth-order valence-electron chi connectivity index (χ4n) is 3.70. The van der Waals surface area contributed by atoms with Crippen molar-refractivity contribution in [1.29, 1.82) is 0 Å². The first-order valence-electron chi connectivity index (χ1n) is 9.79. The largest absolute Gasteiger partial charge is 0.483 e. The summed E-state index contributed by atoms with van der Waals surface area (Å²) in [6, 6.07) is 13.8. The van der Waals surface area contributed by atoms with Crippen LogP contribution in [0.3, 0.4) is 0 Å². The number of hydrogen-bond donors (Lipinski definition) is 1. The van der Waals surface area contributed by atoms with Crippen LogP contribution in [0.1, 0.15) is 19.5 Å². The second-order valence-electron chi connectivity index (χ2n) is 7.41. The standard InChI is InChI=1S/C22H25N3O3S/c1-15-10-25(11-16(2)28-15)12-18-14-29-22(23-18)24-21(26)13-27-20-9-5-7-17-6-3-4-8-19(17)20/h3-9,14-16H,10-13H2,1-2H3,(H,23,24,26). The molecule has 152 valence electrons. The van der Waals surface area contributed by atoms with Gasteiger partial charge in [0.1, 0.15) is 5.75 Å². The van der Waals surface area contributed by atoms with Crippen LogP contribution < -0.4 is 10.1 Å². The van der Waals surface area contributed by atoms with Gasteiger partial charge < -0.3 is 9.47 Å². The number of thiazole rings is 1. The summed E-state index contributed by atoms with van der Waals surface area (Å²) < 4.78 is 11.5. The predicted octanol–water partition coefficient (Wildman–Crippen LogP) is 3.92. The van der Waals surface area contributed by atoms with Crippen LogP contribution in [0.25, 0.3) is 10.8 Å². The maximum atomic E-state index is 12.3. The van der Waals surface area contributed by atoms with Crippen LogP contribution in [0.5, 0.6) is 5.75 Å². The van der Waals surface area contributed by atoms with Crippen LogP contribution in [-0.2, 0) is 16.1 Å². The van der Waals surface area contributed by atoms with Crippen LogP contribution in [0, 0.1) is 0 Å². The molecule has 2 aromatic carbocycles. The van der Waals surface area contributed by atoms with Gasteiger partial charge in [0.25, 0.3) is 5.91 Å². The fraction of sp³-hybridized carbons (Fsp3) is 0.364. The molecule has 0 radical (unpaired) electrons. The van der Waals surface area contributed by atoms with E-state index in [4.69, 9.17) is 9.47 Å². The van der Waals surface area contributed by atoms with Crippen molar-refractivity contribution in [3.8, 4) is 5.75 Å². The lowest BCUT2D eigenvalue weighted by Crippen LogP contribution is -2.44. The van der Waals surface area contributed by atoms with Gasteiger partial charge >= 0.3 is 0 Å². The average molecular weight is 412 g/mol. The third kappa shape index (κ3) is 5.12. The molecule has 2 atom stereocenters. The zero-order valence-electron chi connectivity index (χ0n) is 16.6. The molecule has 0 bridgehead atoms. The van der Waals surface area contributed by atoms with E-state index in [0.717, 1.165) is 36.1 Å². The third-order valence-corrected chi connectivity index (χ3v) is 5.59. The summed E-state index contributed by atoms with van der Waals surface area (Å²) in [6.45, 7) is 6.67. The number of ether oxygens (including phenoxy) is 2. The van der Waals surface area contributed by atoms with E-state index >= 15 is 0 Å². The second kappa shape index (κ2) is 8.90. The Morgan fingerprint density at radius 2 is 1.97 bits per heavy atom. The average Bonchev–Trinajstić information content (AvgIpc) is 3.12. The minimum Gasteiger partial charge on any atom is -0.483 e. The predicted molar refractivity (Wildman–Crippen MR) is 115 cm³/mol. The highest BCUT2D eigenvalue weighted by molar-refractivity contribution is 7.13. The van der Waals surface area contributed by atoms with Crippen molar-refractivity contribution in [2.24, 2.45) is 0 Å². The Morgan fingerprint density at radius 3 is 2.79 bits per heavy atom. The van der Waals surface area contributed by atoms with Gasteiger partial charge in [0.15, 0.2) is 11.7 Å². The maximum Gasteiger partial charge on any atom is 0.264 e. The number of rotatable bonds is 6. The molecule has 1 aromatic heterocycles. The van der Waals surface area contributed by atoms with Crippen LogP contribution in [0.2, 0.25) is 0 Å². The van der Waals surface area contributed by atoms with Gasteiger partial charge in [-0.25, -0.2) is 4.98 Å². The van der Waals surface area contributed by atoms with E-state index in [1.165, 1.54) is 11.3 Å². The third-order valence-electron chi connectivity index (χ3n) is 4.79. The van der Waals surface area contributed by atoms with Crippen molar-refractivity contribution in [2.75, 3.05) is 25.0 Å². The minimum absolute atomic E-state index is 0.0542. The fourth-order valence-corrected chi connectivity index (χ4v) is 4.42. The Bertz CT molecular complexity index is 975. The Balaban J connectivity index is 1.31. The normalized spacial score (nSPS) is 19.9. The summed E-state index contributed by atoms with van der Waals surface area (Å²) in [5.41, 5.74) is 0.960. The number of morpholine rings is 1. The van der Waals surface area contributed by atoms with E-state index in [2.05, 4.69) is 29.0 Å². The van der Waals surface area contributed by atoms with Crippen molar-refractivity contribution in [3.63, 3.8) is 0 Å². The zero-order chi connectivity index (χ0) is 20.2. The first kappa shape index (κ1) is 19.8. The first-order valence-corrected chi connectivity index (χ1v) is 10.7. The SMILES string of the molecule is CC1CN(Cc2csc(NC(=O)COc3cccc4ccccc34)n2)CC(C)O1. The molecule has 3 aromatic rings. The topological polar surface area (TPSA) is 63.7 Å². The van der Waals surface area contributed by atoms with E-state index in [9.17, 15) is 4.79 Å². The van der Waals surface area contributed by atoms with Gasteiger partial charge in [-0.1, -0.05) is 36.4 Å². The van der Waals surface area contributed by atoms with Gasteiger partial charge in [0, 0.05) is 30.4 Å². The number of hydrogen-bond acceptors (Lipinski definition) is 6. The molecule has 1 saturated heterocycles. The Kier molecular flexibility index (Phi) is 6.08. The number of nitrogens with one attached hydrogen (secondary N) is 1. The molecule has 4 rings (SSSR count). The summed E-state index contributed by atoms with van der Waals surface area (Å²) in [5, 5.41) is 7.50. The van der Waals surface area contributed by atoms with Crippen LogP contribution in [0.4, 0.5) is 5.13 Å². The van der Waals surface area contributed by atoms with Crippen molar-refractivity contribution in [2.45, 2.75) is 32.6 Å². The smallest absolute Gasteiger partial charge is 0.264 e. The molecular formula is C22H25N3O3S. The highest BCUT2D eigenvalue weighted by Gasteiger charge is 2.22. The molecule has 1 N–H and O–H groups in total.